The highest BCUT2D eigenvalue weighted by atomic mass is 16.5. The Kier molecular flexibility index (Phi) is 3.46. The van der Waals surface area contributed by atoms with Gasteiger partial charge in [0.25, 0.3) is 0 Å². The van der Waals surface area contributed by atoms with Crippen molar-refractivity contribution in [2.45, 2.75) is 13.2 Å². The third-order valence-electron chi connectivity index (χ3n) is 2.97. The number of nitrogens with two attached hydrogens (primary N) is 1. The third kappa shape index (κ3) is 2.97. The molecule has 106 valence electrons. The number of aromatic nitrogens is 4. The summed E-state index contributed by atoms with van der Waals surface area (Å²) < 4.78 is 6.59. The number of carbonyl (C=O) groups is 1. The van der Waals surface area contributed by atoms with E-state index in [1.165, 1.54) is 11.0 Å². The van der Waals surface area contributed by atoms with Crippen LogP contribution in [0.15, 0.2) is 42.9 Å². The van der Waals surface area contributed by atoms with Crippen LogP contribution in [0.1, 0.15) is 5.56 Å². The Labute approximate surface area is 120 Å². The van der Waals surface area contributed by atoms with Gasteiger partial charge < -0.3 is 10.5 Å². The first kappa shape index (κ1) is 13.0. The maximum Gasteiger partial charge on any atom is 0.328 e. The first-order chi connectivity index (χ1) is 10.2. The molecule has 0 saturated heterocycles. The molecule has 0 amide bonds. The molecule has 0 fully saturated rings. The van der Waals surface area contributed by atoms with Crippen LogP contribution in [0.5, 0.6) is 0 Å². The Balaban J connectivity index is 1.67. The number of esters is 1. The first-order valence-corrected chi connectivity index (χ1v) is 6.35. The lowest BCUT2D eigenvalue weighted by atomic mass is 10.1. The van der Waals surface area contributed by atoms with Gasteiger partial charge in [-0.1, -0.05) is 18.2 Å². The average molecular weight is 283 g/mol. The van der Waals surface area contributed by atoms with Crippen molar-refractivity contribution in [2.24, 2.45) is 0 Å². The second-order valence-electron chi connectivity index (χ2n) is 4.45. The zero-order valence-corrected chi connectivity index (χ0v) is 11.1. The summed E-state index contributed by atoms with van der Waals surface area (Å²) in [4.78, 5) is 19.8. The molecule has 0 aliphatic rings. The molecule has 1 aromatic carbocycles. The summed E-state index contributed by atoms with van der Waals surface area (Å²) >= 11 is 0. The van der Waals surface area contributed by atoms with E-state index in [9.17, 15) is 4.79 Å². The number of nitrogens with zero attached hydrogens (tertiary/aromatic N) is 4. The Hall–Kier alpha value is -2.96. The summed E-state index contributed by atoms with van der Waals surface area (Å²) in [5.74, 6) is -0.274. The van der Waals surface area contributed by atoms with Gasteiger partial charge in [-0.15, -0.1) is 5.10 Å². The molecule has 0 spiro atoms. The van der Waals surface area contributed by atoms with E-state index in [4.69, 9.17) is 10.5 Å². The van der Waals surface area contributed by atoms with Crippen LogP contribution in [-0.4, -0.2) is 25.7 Å². The molecule has 3 rings (SSSR count). The lowest BCUT2D eigenvalue weighted by Crippen LogP contribution is -2.14. The summed E-state index contributed by atoms with van der Waals surface area (Å²) in [7, 11) is 0. The predicted octanol–water partition coefficient (Wildman–Crippen LogP) is 1.15. The van der Waals surface area contributed by atoms with Gasteiger partial charge in [-0.2, -0.15) is 0 Å². The van der Waals surface area contributed by atoms with Gasteiger partial charge in [0.05, 0.1) is 5.52 Å². The van der Waals surface area contributed by atoms with Crippen LogP contribution in [0.25, 0.3) is 10.9 Å². The van der Waals surface area contributed by atoms with Gasteiger partial charge in [-0.3, -0.25) is 9.78 Å². The summed E-state index contributed by atoms with van der Waals surface area (Å²) in [6, 6.07) is 9.54. The topological polar surface area (TPSA) is 95.9 Å². The summed E-state index contributed by atoms with van der Waals surface area (Å²) in [6.45, 7) is 0.166. The number of hydrogen-bond acceptors (Lipinski definition) is 6. The second-order valence-corrected chi connectivity index (χ2v) is 4.45. The van der Waals surface area contributed by atoms with Crippen molar-refractivity contribution in [1.29, 1.82) is 0 Å². The number of anilines is 1. The quantitative estimate of drug-likeness (QED) is 0.722. The SMILES string of the molecule is Nc1ncn(CC(=O)OCc2ccnc3ccccc23)n1. The predicted molar refractivity (Wildman–Crippen MR) is 76.0 cm³/mol. The Morgan fingerprint density at radius 2 is 2.10 bits per heavy atom. The highest BCUT2D eigenvalue weighted by Crippen LogP contribution is 2.16. The van der Waals surface area contributed by atoms with E-state index < -0.39 is 5.97 Å². The van der Waals surface area contributed by atoms with Crippen molar-refractivity contribution in [3.63, 3.8) is 0 Å². The average Bonchev–Trinajstić information content (AvgIpc) is 2.90. The molecule has 3 aromatic rings. The second kappa shape index (κ2) is 5.58. The van der Waals surface area contributed by atoms with Gasteiger partial charge in [-0.25, -0.2) is 9.67 Å². The van der Waals surface area contributed by atoms with Gasteiger partial charge in [0.2, 0.25) is 5.95 Å². The Morgan fingerprint density at radius 1 is 1.24 bits per heavy atom. The molecular weight excluding hydrogens is 270 g/mol. The van der Waals surface area contributed by atoms with E-state index in [0.717, 1.165) is 16.5 Å². The molecule has 0 saturated carbocycles. The highest BCUT2D eigenvalue weighted by molar-refractivity contribution is 5.82. The Bertz CT molecular complexity index is 778. The molecule has 0 aliphatic carbocycles. The normalized spacial score (nSPS) is 10.7. The number of carbonyl (C=O) groups excluding carboxylic acids is 1. The molecule has 0 atom stereocenters. The van der Waals surface area contributed by atoms with Crippen LogP contribution in [0, 0.1) is 0 Å². The maximum atomic E-state index is 11.8. The minimum absolute atomic E-state index is 0.0206. The van der Waals surface area contributed by atoms with E-state index in [1.54, 1.807) is 6.20 Å². The fourth-order valence-corrected chi connectivity index (χ4v) is 2.00. The fourth-order valence-electron chi connectivity index (χ4n) is 2.00. The van der Waals surface area contributed by atoms with Crippen molar-refractivity contribution in [3.05, 3.63) is 48.4 Å². The lowest BCUT2D eigenvalue weighted by Gasteiger charge is -2.07. The number of rotatable bonds is 4. The standard InChI is InChI=1S/C14H13N5O2/c15-14-17-9-19(18-14)7-13(20)21-8-10-5-6-16-12-4-2-1-3-11(10)12/h1-6,9H,7-8H2,(H2,15,18). The number of para-hydroxylation sites is 1. The monoisotopic (exact) mass is 283 g/mol. The zero-order chi connectivity index (χ0) is 14.7. The maximum absolute atomic E-state index is 11.8. The van der Waals surface area contributed by atoms with Gasteiger partial charge in [0.1, 0.15) is 19.5 Å². The van der Waals surface area contributed by atoms with Gasteiger partial charge in [0.15, 0.2) is 0 Å². The molecule has 0 aliphatic heterocycles. The van der Waals surface area contributed by atoms with Crippen LogP contribution in [0.4, 0.5) is 5.95 Å². The molecule has 2 aromatic heterocycles. The van der Waals surface area contributed by atoms with E-state index in [1.807, 2.05) is 30.3 Å². The minimum Gasteiger partial charge on any atom is -0.459 e. The highest BCUT2D eigenvalue weighted by Gasteiger charge is 2.08. The number of ether oxygens (including phenoxy) is 1. The van der Waals surface area contributed by atoms with Crippen molar-refractivity contribution in [2.75, 3.05) is 5.73 Å². The zero-order valence-electron chi connectivity index (χ0n) is 11.1. The van der Waals surface area contributed by atoms with Crippen LogP contribution >= 0.6 is 0 Å². The number of benzene rings is 1. The smallest absolute Gasteiger partial charge is 0.328 e. The summed E-state index contributed by atoms with van der Waals surface area (Å²) in [5, 5.41) is 4.80. The Morgan fingerprint density at radius 3 is 2.90 bits per heavy atom. The minimum atomic E-state index is -0.402. The van der Waals surface area contributed by atoms with Crippen molar-refractivity contribution in [1.82, 2.24) is 19.7 Å². The van der Waals surface area contributed by atoms with Crippen LogP contribution in [0.3, 0.4) is 0 Å². The molecule has 0 bridgehead atoms. The van der Waals surface area contributed by atoms with Crippen molar-refractivity contribution >= 4 is 22.8 Å². The first-order valence-electron chi connectivity index (χ1n) is 6.35. The molecule has 2 N–H and O–H groups in total. The summed E-state index contributed by atoms with van der Waals surface area (Å²) in [5.41, 5.74) is 7.16. The van der Waals surface area contributed by atoms with E-state index in [-0.39, 0.29) is 19.1 Å². The third-order valence-corrected chi connectivity index (χ3v) is 2.97. The number of fused-ring (bicyclic) bond motifs is 1. The molecule has 0 radical (unpaired) electrons. The molecular formula is C14H13N5O2. The molecule has 2 heterocycles. The van der Waals surface area contributed by atoms with Gasteiger partial charge in [-0.05, 0) is 12.1 Å². The molecule has 0 unspecified atom stereocenters. The van der Waals surface area contributed by atoms with Gasteiger partial charge in [0, 0.05) is 17.1 Å². The fraction of sp³-hybridized carbons (Fsp3) is 0.143. The van der Waals surface area contributed by atoms with Crippen LogP contribution < -0.4 is 5.73 Å². The number of pyridine rings is 1. The van der Waals surface area contributed by atoms with E-state index in [2.05, 4.69) is 15.1 Å². The number of nitrogen functional groups attached to an aromatic ring is 1. The molecule has 21 heavy (non-hydrogen) atoms. The van der Waals surface area contributed by atoms with Gasteiger partial charge >= 0.3 is 5.97 Å². The van der Waals surface area contributed by atoms with Crippen LogP contribution in [-0.2, 0) is 22.7 Å². The molecule has 7 nitrogen and oxygen atoms in total. The lowest BCUT2D eigenvalue weighted by molar-refractivity contribution is -0.145. The van der Waals surface area contributed by atoms with E-state index >= 15 is 0 Å². The summed E-state index contributed by atoms with van der Waals surface area (Å²) in [6.07, 6.45) is 3.09. The number of hydrogen-bond donors (Lipinski definition) is 1. The van der Waals surface area contributed by atoms with Crippen LogP contribution in [0.2, 0.25) is 0 Å². The van der Waals surface area contributed by atoms with Crippen molar-refractivity contribution in [3.8, 4) is 0 Å². The molecule has 7 heteroatoms. The van der Waals surface area contributed by atoms with Crippen molar-refractivity contribution < 1.29 is 9.53 Å². The van der Waals surface area contributed by atoms with E-state index in [0.29, 0.717) is 0 Å². The largest absolute Gasteiger partial charge is 0.459 e.